The predicted molar refractivity (Wildman–Crippen MR) is 96.8 cm³/mol. The number of aromatic carboxylic acids is 1. The Morgan fingerprint density at radius 1 is 1.35 bits per heavy atom. The van der Waals surface area contributed by atoms with E-state index in [1.54, 1.807) is 24.0 Å². The zero-order valence-corrected chi connectivity index (χ0v) is 15.8. The van der Waals surface area contributed by atoms with Crippen LogP contribution in [0.3, 0.4) is 0 Å². The van der Waals surface area contributed by atoms with Gasteiger partial charge in [0.15, 0.2) is 16.4 Å². The average Bonchev–Trinajstić information content (AvgIpc) is 2.86. The number of amides is 1. The molecule has 2 atom stereocenters. The highest BCUT2D eigenvalue weighted by Gasteiger charge is 2.44. The number of piperazine rings is 1. The molecule has 0 radical (unpaired) electrons. The van der Waals surface area contributed by atoms with E-state index in [-0.39, 0.29) is 54.1 Å². The fraction of sp³-hybridized carbons (Fsp3) is 0.500. The van der Waals surface area contributed by atoms with Crippen molar-refractivity contribution in [3.05, 3.63) is 29.3 Å². The van der Waals surface area contributed by atoms with E-state index in [4.69, 9.17) is 9.84 Å². The van der Waals surface area contributed by atoms with Crippen LogP contribution in [0.25, 0.3) is 0 Å². The number of carboxylic acids is 1. The van der Waals surface area contributed by atoms with Gasteiger partial charge in [0.1, 0.15) is 5.75 Å². The molecule has 144 valence electrons. The normalized spacial score (nSPS) is 23.7. The molecule has 26 heavy (non-hydrogen) atoms. The molecule has 1 aromatic carbocycles. The number of benzene rings is 1. The summed E-state index contributed by atoms with van der Waals surface area (Å²) >= 11 is 0. The second kappa shape index (κ2) is 7.81. The molecule has 0 aromatic heterocycles. The van der Waals surface area contributed by atoms with Gasteiger partial charge in [0.25, 0.3) is 5.91 Å². The van der Waals surface area contributed by atoms with Crippen LogP contribution in [-0.4, -0.2) is 73.6 Å². The lowest BCUT2D eigenvalue weighted by Crippen LogP contribution is -2.59. The van der Waals surface area contributed by atoms with Crippen LogP contribution in [0.1, 0.15) is 15.9 Å². The van der Waals surface area contributed by atoms with Crippen molar-refractivity contribution in [1.29, 1.82) is 0 Å². The van der Waals surface area contributed by atoms with Gasteiger partial charge >= 0.3 is 5.97 Å². The van der Waals surface area contributed by atoms with Gasteiger partial charge in [-0.15, -0.1) is 12.4 Å². The monoisotopic (exact) mass is 404 g/mol. The second-order valence-electron chi connectivity index (χ2n) is 6.31. The molecule has 0 spiro atoms. The van der Waals surface area contributed by atoms with Crippen LogP contribution in [0.2, 0.25) is 0 Å². The standard InChI is InChI=1S/C16H20N2O6S.ClH/c1-10-11(16(20)21)3-2-4-14(10)24-7-15(19)18-6-5-17-12-8-25(22,23)9-13(12)18;/h2-4,12-13,17H,5-9H2,1H3,(H,20,21);1H/t12-,13+;/m0./s1. The third kappa shape index (κ3) is 4.11. The Hall–Kier alpha value is -1.84. The number of carboxylic acid groups (broad SMARTS) is 1. The molecule has 2 N–H and O–H groups in total. The Balaban J connectivity index is 0.00000243. The van der Waals surface area contributed by atoms with Gasteiger partial charge in [0.05, 0.1) is 23.1 Å². The quantitative estimate of drug-likeness (QED) is 0.731. The lowest BCUT2D eigenvalue weighted by atomic mass is 10.1. The summed E-state index contributed by atoms with van der Waals surface area (Å²) in [7, 11) is -3.15. The number of carbonyl (C=O) groups is 2. The van der Waals surface area contributed by atoms with E-state index in [2.05, 4.69) is 5.32 Å². The minimum absolute atomic E-state index is 0. The number of carbonyl (C=O) groups excluding carboxylic acids is 1. The van der Waals surface area contributed by atoms with Gasteiger partial charge in [-0.05, 0) is 19.1 Å². The van der Waals surface area contributed by atoms with Crippen molar-refractivity contribution >= 4 is 34.1 Å². The summed E-state index contributed by atoms with van der Waals surface area (Å²) < 4.78 is 29.2. The van der Waals surface area contributed by atoms with E-state index in [0.29, 0.717) is 24.4 Å². The van der Waals surface area contributed by atoms with Crippen molar-refractivity contribution in [3.8, 4) is 5.75 Å². The Labute approximate surface area is 157 Å². The first kappa shape index (κ1) is 20.5. The molecule has 8 nitrogen and oxygen atoms in total. The molecule has 10 heteroatoms. The SMILES string of the molecule is Cc1c(OCC(=O)N2CCN[C@H]3CS(=O)(=O)C[C@H]32)cccc1C(=O)O.Cl. The molecule has 2 saturated heterocycles. The molecule has 1 aromatic rings. The summed E-state index contributed by atoms with van der Waals surface area (Å²) in [5.41, 5.74) is 0.568. The first-order chi connectivity index (χ1) is 11.8. The Kier molecular flexibility index (Phi) is 6.15. The number of ether oxygens (including phenoxy) is 1. The highest BCUT2D eigenvalue weighted by molar-refractivity contribution is 7.91. The summed E-state index contributed by atoms with van der Waals surface area (Å²) in [5, 5.41) is 12.3. The largest absolute Gasteiger partial charge is 0.483 e. The maximum absolute atomic E-state index is 12.5. The number of sulfone groups is 1. The first-order valence-corrected chi connectivity index (χ1v) is 9.79. The summed E-state index contributed by atoms with van der Waals surface area (Å²) in [6.45, 7) is 2.32. The lowest BCUT2D eigenvalue weighted by molar-refractivity contribution is -0.136. The number of halogens is 1. The topological polar surface area (TPSA) is 113 Å². The van der Waals surface area contributed by atoms with E-state index in [1.807, 2.05) is 0 Å². The smallest absolute Gasteiger partial charge is 0.336 e. The minimum Gasteiger partial charge on any atom is -0.483 e. The molecule has 1 amide bonds. The van der Waals surface area contributed by atoms with Crippen LogP contribution < -0.4 is 10.1 Å². The summed E-state index contributed by atoms with van der Waals surface area (Å²) in [5.74, 6) is -1.02. The van der Waals surface area contributed by atoms with Crippen molar-refractivity contribution in [1.82, 2.24) is 10.2 Å². The van der Waals surface area contributed by atoms with Crippen LogP contribution in [0.15, 0.2) is 18.2 Å². The number of fused-ring (bicyclic) bond motifs is 1. The Morgan fingerprint density at radius 2 is 2.08 bits per heavy atom. The molecule has 0 aliphatic carbocycles. The van der Waals surface area contributed by atoms with Crippen LogP contribution in [0, 0.1) is 6.92 Å². The number of rotatable bonds is 4. The number of nitrogens with one attached hydrogen (secondary N) is 1. The van der Waals surface area contributed by atoms with Crippen LogP contribution in [-0.2, 0) is 14.6 Å². The average molecular weight is 405 g/mol. The van der Waals surface area contributed by atoms with Crippen molar-refractivity contribution in [2.45, 2.75) is 19.0 Å². The van der Waals surface area contributed by atoms with E-state index in [1.165, 1.54) is 6.07 Å². The predicted octanol–water partition coefficient (Wildman–Crippen LogP) is 0.0912. The van der Waals surface area contributed by atoms with Gasteiger partial charge in [-0.1, -0.05) is 6.07 Å². The van der Waals surface area contributed by atoms with Gasteiger partial charge in [-0.25, -0.2) is 13.2 Å². The molecule has 2 aliphatic heterocycles. The second-order valence-corrected chi connectivity index (χ2v) is 8.47. The molecule has 2 aliphatic rings. The van der Waals surface area contributed by atoms with Gasteiger partial charge in [-0.2, -0.15) is 0 Å². The maximum atomic E-state index is 12.5. The van der Waals surface area contributed by atoms with Crippen molar-refractivity contribution < 1.29 is 27.9 Å². The van der Waals surface area contributed by atoms with Crippen molar-refractivity contribution in [3.63, 3.8) is 0 Å². The highest BCUT2D eigenvalue weighted by Crippen LogP contribution is 2.23. The van der Waals surface area contributed by atoms with E-state index in [0.717, 1.165) is 0 Å². The van der Waals surface area contributed by atoms with E-state index in [9.17, 15) is 18.0 Å². The fourth-order valence-corrected chi connectivity index (χ4v) is 5.36. The van der Waals surface area contributed by atoms with Gasteiger partial charge in [0.2, 0.25) is 0 Å². The van der Waals surface area contributed by atoms with Crippen LogP contribution in [0.4, 0.5) is 0 Å². The van der Waals surface area contributed by atoms with E-state index >= 15 is 0 Å². The van der Waals surface area contributed by atoms with Crippen molar-refractivity contribution in [2.75, 3.05) is 31.2 Å². The van der Waals surface area contributed by atoms with Gasteiger partial charge in [-0.3, -0.25) is 4.79 Å². The van der Waals surface area contributed by atoms with Gasteiger partial charge in [0, 0.05) is 24.7 Å². The summed E-state index contributed by atoms with van der Waals surface area (Å²) in [6, 6.07) is 4.02. The zero-order valence-electron chi connectivity index (χ0n) is 14.2. The highest BCUT2D eigenvalue weighted by atomic mass is 35.5. The minimum atomic E-state index is -3.15. The third-order valence-electron chi connectivity index (χ3n) is 4.67. The molecule has 0 unspecified atom stereocenters. The maximum Gasteiger partial charge on any atom is 0.336 e. The Bertz CT molecular complexity index is 813. The first-order valence-electron chi connectivity index (χ1n) is 7.97. The molecule has 3 rings (SSSR count). The summed E-state index contributed by atoms with van der Waals surface area (Å²) in [6.07, 6.45) is 0. The van der Waals surface area contributed by atoms with Crippen LogP contribution in [0.5, 0.6) is 5.75 Å². The molecule has 2 fully saturated rings. The fourth-order valence-electron chi connectivity index (χ4n) is 3.40. The molecule has 2 heterocycles. The molecule has 0 saturated carbocycles. The number of hydrogen-bond acceptors (Lipinski definition) is 6. The zero-order chi connectivity index (χ0) is 18.2. The number of hydrogen-bond donors (Lipinski definition) is 2. The van der Waals surface area contributed by atoms with Crippen LogP contribution >= 0.6 is 12.4 Å². The number of nitrogens with zero attached hydrogens (tertiary/aromatic N) is 1. The summed E-state index contributed by atoms with van der Waals surface area (Å²) in [4.78, 5) is 25.2. The van der Waals surface area contributed by atoms with E-state index < -0.39 is 15.8 Å². The lowest BCUT2D eigenvalue weighted by Gasteiger charge is -2.37. The molecular formula is C16H21ClN2O6S. The van der Waals surface area contributed by atoms with Gasteiger partial charge < -0.3 is 20.1 Å². The third-order valence-corrected chi connectivity index (χ3v) is 6.38. The molecule has 0 bridgehead atoms. The Morgan fingerprint density at radius 3 is 2.77 bits per heavy atom. The van der Waals surface area contributed by atoms with Crippen molar-refractivity contribution in [2.24, 2.45) is 0 Å². The molecular weight excluding hydrogens is 384 g/mol.